The van der Waals surface area contributed by atoms with E-state index in [0.717, 1.165) is 18.1 Å². The number of amides is 3. The van der Waals surface area contributed by atoms with Gasteiger partial charge in [0.05, 0.1) is 6.54 Å². The molecule has 3 amide bonds. The number of hydrogen-bond acceptors (Lipinski definition) is 2. The van der Waals surface area contributed by atoms with E-state index in [1.54, 1.807) is 40.1 Å². The zero-order chi connectivity index (χ0) is 22.7. The van der Waals surface area contributed by atoms with Gasteiger partial charge in [0.15, 0.2) is 0 Å². The fraction of sp³-hybridized carbons (Fsp3) is 0.200. The lowest BCUT2D eigenvalue weighted by Crippen LogP contribution is -2.49. The first-order chi connectivity index (χ1) is 15.4. The quantitative estimate of drug-likeness (QED) is 0.587. The monoisotopic (exact) mass is 435 g/mol. The standard InChI is InChI=1S/C25H23F2N3O2/c1-17-5-2-3-6-22(17)24(31)28-20-9-11-21(12-10-20)30-14-4-13-29(25(30)32)16-18-7-8-19(26)15-23(18)27/h2-3,5-12,15H,4,13-14,16H2,1H3,(H,28,31). The Hall–Kier alpha value is -3.74. The van der Waals surface area contributed by atoms with Crippen LogP contribution in [0.15, 0.2) is 66.7 Å². The largest absolute Gasteiger partial charge is 0.324 e. The van der Waals surface area contributed by atoms with E-state index >= 15 is 0 Å². The summed E-state index contributed by atoms with van der Waals surface area (Å²) in [6.45, 7) is 2.99. The molecule has 0 bridgehead atoms. The SMILES string of the molecule is Cc1ccccc1C(=O)Nc1ccc(N2CCCN(Cc3ccc(F)cc3F)C2=O)cc1. The van der Waals surface area contributed by atoms with Crippen molar-refractivity contribution >= 4 is 23.3 Å². The minimum absolute atomic E-state index is 0.0754. The van der Waals surface area contributed by atoms with Gasteiger partial charge in [-0.2, -0.15) is 0 Å². The van der Waals surface area contributed by atoms with Crippen molar-refractivity contribution in [3.05, 3.63) is 95.1 Å². The molecule has 4 rings (SSSR count). The van der Waals surface area contributed by atoms with Crippen LogP contribution in [0.3, 0.4) is 0 Å². The van der Waals surface area contributed by atoms with Crippen LogP contribution in [0.25, 0.3) is 0 Å². The Kier molecular flexibility index (Phi) is 6.16. The molecular formula is C25H23F2N3O2. The van der Waals surface area contributed by atoms with Crippen LogP contribution in [0.2, 0.25) is 0 Å². The second-order valence-corrected chi connectivity index (χ2v) is 7.76. The van der Waals surface area contributed by atoms with Crippen molar-refractivity contribution in [3.63, 3.8) is 0 Å². The third-order valence-electron chi connectivity index (χ3n) is 5.51. The van der Waals surface area contributed by atoms with Gasteiger partial charge < -0.3 is 10.2 Å². The summed E-state index contributed by atoms with van der Waals surface area (Å²) < 4.78 is 27.2. The molecule has 1 heterocycles. The van der Waals surface area contributed by atoms with E-state index in [1.165, 1.54) is 12.1 Å². The zero-order valence-corrected chi connectivity index (χ0v) is 17.6. The van der Waals surface area contributed by atoms with Crippen LogP contribution in [0, 0.1) is 18.6 Å². The molecule has 1 fully saturated rings. The molecule has 0 unspecified atom stereocenters. The Morgan fingerprint density at radius 3 is 2.47 bits per heavy atom. The lowest BCUT2D eigenvalue weighted by atomic mass is 10.1. The van der Waals surface area contributed by atoms with Crippen molar-refractivity contribution in [1.29, 1.82) is 0 Å². The van der Waals surface area contributed by atoms with Gasteiger partial charge in [0.25, 0.3) is 5.91 Å². The maximum Gasteiger partial charge on any atom is 0.324 e. The molecule has 7 heteroatoms. The van der Waals surface area contributed by atoms with E-state index < -0.39 is 11.6 Å². The molecule has 0 radical (unpaired) electrons. The molecule has 0 spiro atoms. The second kappa shape index (κ2) is 9.18. The Morgan fingerprint density at radius 1 is 1.00 bits per heavy atom. The highest BCUT2D eigenvalue weighted by molar-refractivity contribution is 6.05. The van der Waals surface area contributed by atoms with E-state index in [1.807, 2.05) is 25.1 Å². The van der Waals surface area contributed by atoms with Gasteiger partial charge in [-0.25, -0.2) is 13.6 Å². The predicted molar refractivity (Wildman–Crippen MR) is 120 cm³/mol. The number of nitrogens with zero attached hydrogens (tertiary/aromatic N) is 2. The minimum Gasteiger partial charge on any atom is -0.322 e. The highest BCUT2D eigenvalue weighted by Gasteiger charge is 2.27. The lowest BCUT2D eigenvalue weighted by molar-refractivity contribution is 0.102. The molecule has 3 aromatic carbocycles. The van der Waals surface area contributed by atoms with Crippen LogP contribution < -0.4 is 10.2 Å². The van der Waals surface area contributed by atoms with E-state index in [2.05, 4.69) is 5.32 Å². The highest BCUT2D eigenvalue weighted by atomic mass is 19.1. The van der Waals surface area contributed by atoms with Gasteiger partial charge in [0.2, 0.25) is 0 Å². The van der Waals surface area contributed by atoms with E-state index in [0.29, 0.717) is 30.0 Å². The number of hydrogen-bond donors (Lipinski definition) is 1. The summed E-state index contributed by atoms with van der Waals surface area (Å²) in [6, 6.07) is 17.5. The van der Waals surface area contributed by atoms with Gasteiger partial charge in [0.1, 0.15) is 11.6 Å². The summed E-state index contributed by atoms with van der Waals surface area (Å²) in [5.41, 5.74) is 3.07. The van der Waals surface area contributed by atoms with Crippen LogP contribution >= 0.6 is 0 Å². The van der Waals surface area contributed by atoms with Crippen LogP contribution in [0.5, 0.6) is 0 Å². The molecule has 1 aliphatic heterocycles. The summed E-state index contributed by atoms with van der Waals surface area (Å²) >= 11 is 0. The molecule has 32 heavy (non-hydrogen) atoms. The number of carbonyl (C=O) groups is 2. The summed E-state index contributed by atoms with van der Waals surface area (Å²) in [4.78, 5) is 28.7. The van der Waals surface area contributed by atoms with Crippen molar-refractivity contribution < 1.29 is 18.4 Å². The van der Waals surface area contributed by atoms with Crippen molar-refractivity contribution in [2.45, 2.75) is 19.9 Å². The van der Waals surface area contributed by atoms with Crippen LogP contribution in [0.4, 0.5) is 25.0 Å². The first-order valence-corrected chi connectivity index (χ1v) is 10.4. The molecular weight excluding hydrogens is 412 g/mol. The van der Waals surface area contributed by atoms with Crippen molar-refractivity contribution in [2.75, 3.05) is 23.3 Å². The molecule has 5 nitrogen and oxygen atoms in total. The van der Waals surface area contributed by atoms with E-state index in [4.69, 9.17) is 0 Å². The Balaban J connectivity index is 1.44. The lowest BCUT2D eigenvalue weighted by Gasteiger charge is -2.35. The Labute approximate surface area is 185 Å². The number of anilines is 2. The number of rotatable bonds is 5. The number of halogens is 2. The fourth-order valence-corrected chi connectivity index (χ4v) is 3.77. The highest BCUT2D eigenvalue weighted by Crippen LogP contribution is 2.24. The van der Waals surface area contributed by atoms with Gasteiger partial charge in [-0.05, 0) is 55.3 Å². The second-order valence-electron chi connectivity index (χ2n) is 7.76. The van der Waals surface area contributed by atoms with Gasteiger partial charge in [0, 0.05) is 41.7 Å². The summed E-state index contributed by atoms with van der Waals surface area (Å²) in [7, 11) is 0. The molecule has 1 aliphatic rings. The van der Waals surface area contributed by atoms with Crippen molar-refractivity contribution in [1.82, 2.24) is 4.90 Å². The summed E-state index contributed by atoms with van der Waals surface area (Å²) in [6.07, 6.45) is 0.723. The Bertz CT molecular complexity index is 1150. The molecule has 164 valence electrons. The Morgan fingerprint density at radius 2 is 1.75 bits per heavy atom. The fourth-order valence-electron chi connectivity index (χ4n) is 3.77. The smallest absolute Gasteiger partial charge is 0.322 e. The van der Waals surface area contributed by atoms with E-state index in [9.17, 15) is 18.4 Å². The minimum atomic E-state index is -0.663. The van der Waals surface area contributed by atoms with Crippen LogP contribution in [0.1, 0.15) is 27.9 Å². The number of carbonyl (C=O) groups excluding carboxylic acids is 2. The molecule has 1 saturated heterocycles. The number of aryl methyl sites for hydroxylation is 1. The zero-order valence-electron chi connectivity index (χ0n) is 17.6. The first kappa shape index (κ1) is 21.5. The molecule has 1 N–H and O–H groups in total. The average molecular weight is 435 g/mol. The molecule has 0 aromatic heterocycles. The van der Waals surface area contributed by atoms with Crippen molar-refractivity contribution in [3.8, 4) is 0 Å². The molecule has 0 atom stereocenters. The van der Waals surface area contributed by atoms with Gasteiger partial charge in [-0.15, -0.1) is 0 Å². The van der Waals surface area contributed by atoms with Gasteiger partial charge in [-0.3, -0.25) is 9.69 Å². The van der Waals surface area contributed by atoms with Gasteiger partial charge >= 0.3 is 6.03 Å². The molecule has 0 saturated carbocycles. The topological polar surface area (TPSA) is 52.7 Å². The summed E-state index contributed by atoms with van der Waals surface area (Å²) in [5.74, 6) is -1.51. The predicted octanol–water partition coefficient (Wildman–Crippen LogP) is 5.36. The average Bonchev–Trinajstić information content (AvgIpc) is 2.78. The van der Waals surface area contributed by atoms with Crippen LogP contribution in [-0.2, 0) is 6.54 Å². The normalized spacial score (nSPS) is 13.9. The number of benzene rings is 3. The van der Waals surface area contributed by atoms with E-state index in [-0.39, 0.29) is 24.0 Å². The maximum absolute atomic E-state index is 14.0. The summed E-state index contributed by atoms with van der Waals surface area (Å²) in [5, 5.41) is 2.87. The van der Waals surface area contributed by atoms with Gasteiger partial charge in [-0.1, -0.05) is 24.3 Å². The number of nitrogens with one attached hydrogen (secondary N) is 1. The van der Waals surface area contributed by atoms with Crippen molar-refractivity contribution in [2.24, 2.45) is 0 Å². The molecule has 3 aromatic rings. The third-order valence-corrected chi connectivity index (χ3v) is 5.51. The third kappa shape index (κ3) is 4.61. The first-order valence-electron chi connectivity index (χ1n) is 10.4. The maximum atomic E-state index is 14.0. The number of urea groups is 1. The van der Waals surface area contributed by atoms with Crippen LogP contribution in [-0.4, -0.2) is 29.9 Å². The molecule has 0 aliphatic carbocycles.